The average molecular weight is 504 g/mol. The van der Waals surface area contributed by atoms with Gasteiger partial charge in [-0.15, -0.1) is 0 Å². The third-order valence-corrected chi connectivity index (χ3v) is 6.61. The van der Waals surface area contributed by atoms with Crippen molar-refractivity contribution in [3.8, 4) is 11.4 Å². The molecule has 6 rings (SSSR count). The van der Waals surface area contributed by atoms with Gasteiger partial charge in [0, 0.05) is 43.6 Å². The highest BCUT2D eigenvalue weighted by molar-refractivity contribution is 6.04. The number of amides is 2. The number of anilines is 1. The lowest BCUT2D eigenvalue weighted by Crippen LogP contribution is -2.41. The van der Waals surface area contributed by atoms with E-state index in [2.05, 4.69) is 32.4 Å². The lowest BCUT2D eigenvalue weighted by Gasteiger charge is -2.33. The van der Waals surface area contributed by atoms with E-state index in [0.29, 0.717) is 29.0 Å². The number of benzene rings is 1. The summed E-state index contributed by atoms with van der Waals surface area (Å²) < 4.78 is 7.25. The number of likely N-dealkylation sites (N-methyl/N-ethyl adjacent to an activating group) is 1. The third kappa shape index (κ3) is 5.17. The van der Waals surface area contributed by atoms with E-state index in [1.54, 1.807) is 10.6 Å². The molecule has 2 fully saturated rings. The molecule has 2 N–H and O–H groups in total. The summed E-state index contributed by atoms with van der Waals surface area (Å²) in [5.74, 6) is 1.26. The van der Waals surface area contributed by atoms with Crippen molar-refractivity contribution >= 4 is 23.3 Å². The maximum Gasteiger partial charge on any atom is 0.407 e. The first-order valence-electron chi connectivity index (χ1n) is 12.1. The Morgan fingerprint density at radius 2 is 1.92 bits per heavy atom. The van der Waals surface area contributed by atoms with Gasteiger partial charge in [-0.2, -0.15) is 4.98 Å². The van der Waals surface area contributed by atoms with E-state index in [9.17, 15) is 9.59 Å². The number of aromatic nitrogens is 4. The van der Waals surface area contributed by atoms with Crippen molar-refractivity contribution in [1.29, 1.82) is 0 Å². The van der Waals surface area contributed by atoms with Gasteiger partial charge in [0.15, 0.2) is 0 Å². The number of nitrogens with zero attached hydrogens (tertiary/aromatic N) is 6. The van der Waals surface area contributed by atoms with Crippen molar-refractivity contribution in [2.24, 2.45) is 0 Å². The topological polar surface area (TPSA) is 129 Å². The van der Waals surface area contributed by atoms with E-state index in [1.807, 2.05) is 50.4 Å². The summed E-state index contributed by atoms with van der Waals surface area (Å²) in [5.41, 5.74) is 4.72. The van der Waals surface area contributed by atoms with Gasteiger partial charge < -0.3 is 24.7 Å². The Bertz CT molecular complexity index is 1450. The molecule has 0 bridgehead atoms. The van der Waals surface area contributed by atoms with Crippen molar-refractivity contribution in [2.75, 3.05) is 38.5 Å². The second-order valence-corrected chi connectivity index (χ2v) is 9.56. The number of carbonyl (C=O) groups excluding carboxylic acids is 1. The highest BCUT2D eigenvalue weighted by atomic mass is 16.5. The summed E-state index contributed by atoms with van der Waals surface area (Å²) >= 11 is 0. The zero-order chi connectivity index (χ0) is 26.1. The summed E-state index contributed by atoms with van der Waals surface area (Å²) in [7, 11) is 2.06. The summed E-state index contributed by atoms with van der Waals surface area (Å²) in [6.45, 7) is 7.25. The first-order valence-corrected chi connectivity index (χ1v) is 12.1. The highest BCUT2D eigenvalue weighted by Crippen LogP contribution is 2.28. The van der Waals surface area contributed by atoms with Gasteiger partial charge >= 0.3 is 6.09 Å². The molecule has 5 heterocycles. The van der Waals surface area contributed by atoms with E-state index in [0.717, 1.165) is 54.9 Å². The monoisotopic (exact) mass is 503 g/mol. The Hall–Kier alpha value is -4.25. The Morgan fingerprint density at radius 1 is 1.14 bits per heavy atom. The molecule has 0 aliphatic carbocycles. The van der Waals surface area contributed by atoms with Gasteiger partial charge in [0.05, 0.1) is 12.1 Å². The Morgan fingerprint density at radius 3 is 2.57 bits per heavy atom. The fourth-order valence-corrected chi connectivity index (χ4v) is 4.22. The fourth-order valence-electron chi connectivity index (χ4n) is 4.22. The Labute approximate surface area is 213 Å². The van der Waals surface area contributed by atoms with Crippen LogP contribution in [0.15, 0.2) is 47.2 Å². The fraction of sp³-hybridized carbons (Fsp3) is 0.346. The number of aryl methyl sites for hydroxylation is 2. The van der Waals surface area contributed by atoms with Crippen molar-refractivity contribution in [2.45, 2.75) is 26.2 Å². The largest absolute Gasteiger partial charge is 0.465 e. The molecule has 3 aromatic heterocycles. The van der Waals surface area contributed by atoms with Crippen LogP contribution in [0.25, 0.3) is 17.0 Å². The van der Waals surface area contributed by atoms with E-state index in [1.165, 1.54) is 4.90 Å². The number of carbonyl (C=O) groups is 2. The Balaban J connectivity index is 0.000000348. The van der Waals surface area contributed by atoms with Crippen LogP contribution < -0.4 is 5.32 Å². The first-order chi connectivity index (χ1) is 17.8. The van der Waals surface area contributed by atoms with Gasteiger partial charge in [0.1, 0.15) is 11.3 Å². The standard InChI is InChI=1S/C22H22N6O2.C4H7NO2/c1-13-4-7-19-23-9-18(28(19)10-13)21(29)24-17-8-15(6-5-14(17)2)20-25-22(30-26-20)16-11-27(3)12-16;6-4(7)5-2-1-3-5/h4-10,16H,11-12H2,1-3H3,(H,24,29);1-3H2,(H,6,7). The molecule has 0 saturated carbocycles. The van der Waals surface area contributed by atoms with Crippen LogP contribution in [0, 0.1) is 13.8 Å². The molecule has 37 heavy (non-hydrogen) atoms. The zero-order valence-electron chi connectivity index (χ0n) is 21.0. The maximum atomic E-state index is 12.9. The summed E-state index contributed by atoms with van der Waals surface area (Å²) in [6, 6.07) is 9.62. The number of imidazole rings is 1. The first kappa shape index (κ1) is 24.4. The molecule has 11 heteroatoms. The average Bonchev–Trinajstić information content (AvgIpc) is 3.44. The number of rotatable bonds is 4. The van der Waals surface area contributed by atoms with Crippen LogP contribution in [-0.4, -0.2) is 79.7 Å². The molecule has 0 spiro atoms. The minimum Gasteiger partial charge on any atom is -0.465 e. The molecule has 2 amide bonds. The molecule has 2 saturated heterocycles. The normalized spacial score (nSPS) is 15.5. The predicted molar refractivity (Wildman–Crippen MR) is 137 cm³/mol. The smallest absolute Gasteiger partial charge is 0.407 e. The molecule has 0 unspecified atom stereocenters. The van der Waals surface area contributed by atoms with Gasteiger partial charge in [-0.25, -0.2) is 9.78 Å². The molecular formula is C26H29N7O4. The van der Waals surface area contributed by atoms with E-state index >= 15 is 0 Å². The second-order valence-electron chi connectivity index (χ2n) is 9.56. The molecule has 0 radical (unpaired) electrons. The van der Waals surface area contributed by atoms with E-state index in [-0.39, 0.29) is 5.91 Å². The van der Waals surface area contributed by atoms with Gasteiger partial charge in [-0.05, 0) is 50.6 Å². The maximum absolute atomic E-state index is 12.9. The summed E-state index contributed by atoms with van der Waals surface area (Å²) in [6.07, 6.45) is 3.74. The zero-order valence-corrected chi connectivity index (χ0v) is 21.0. The summed E-state index contributed by atoms with van der Waals surface area (Å²) in [5, 5.41) is 15.3. The van der Waals surface area contributed by atoms with Gasteiger partial charge in [0.2, 0.25) is 11.7 Å². The van der Waals surface area contributed by atoms with E-state index < -0.39 is 6.09 Å². The molecule has 192 valence electrons. The van der Waals surface area contributed by atoms with Crippen LogP contribution in [0.1, 0.15) is 39.8 Å². The number of likely N-dealkylation sites (tertiary alicyclic amines) is 2. The SMILES string of the molecule is Cc1ccc2ncc(C(=O)Nc3cc(-c4noc(C5CN(C)C5)n4)ccc3C)n2c1.O=C(O)N1CCC1. The van der Waals surface area contributed by atoms with Crippen LogP contribution >= 0.6 is 0 Å². The minimum atomic E-state index is -0.786. The molecule has 2 aliphatic heterocycles. The van der Waals surface area contributed by atoms with E-state index in [4.69, 9.17) is 9.63 Å². The van der Waals surface area contributed by atoms with Gasteiger partial charge in [0.25, 0.3) is 5.91 Å². The van der Waals surface area contributed by atoms with Crippen LogP contribution in [0.4, 0.5) is 10.5 Å². The number of nitrogens with one attached hydrogen (secondary N) is 1. The molecular weight excluding hydrogens is 474 g/mol. The third-order valence-electron chi connectivity index (χ3n) is 6.61. The molecule has 1 aromatic carbocycles. The van der Waals surface area contributed by atoms with Crippen LogP contribution in [0.3, 0.4) is 0 Å². The number of pyridine rings is 1. The van der Waals surface area contributed by atoms with Crippen molar-refractivity contribution in [1.82, 2.24) is 29.3 Å². The number of hydrogen-bond donors (Lipinski definition) is 2. The molecule has 0 atom stereocenters. The molecule has 2 aliphatic rings. The van der Waals surface area contributed by atoms with Crippen molar-refractivity contribution in [3.63, 3.8) is 0 Å². The lowest BCUT2D eigenvalue weighted by molar-refractivity contribution is 0.102. The number of fused-ring (bicyclic) bond motifs is 1. The molecule has 11 nitrogen and oxygen atoms in total. The van der Waals surface area contributed by atoms with Crippen LogP contribution in [0.5, 0.6) is 0 Å². The minimum absolute atomic E-state index is 0.223. The highest BCUT2D eigenvalue weighted by Gasteiger charge is 2.30. The lowest BCUT2D eigenvalue weighted by atomic mass is 10.0. The second kappa shape index (κ2) is 10.0. The number of hydrogen-bond acceptors (Lipinski definition) is 7. The number of carboxylic acid groups (broad SMARTS) is 1. The summed E-state index contributed by atoms with van der Waals surface area (Å²) in [4.78, 5) is 35.3. The Kier molecular flexibility index (Phi) is 6.62. The predicted octanol–water partition coefficient (Wildman–Crippen LogP) is 3.65. The van der Waals surface area contributed by atoms with Gasteiger partial charge in [-0.1, -0.05) is 23.4 Å². The van der Waals surface area contributed by atoms with Crippen LogP contribution in [0.2, 0.25) is 0 Å². The van der Waals surface area contributed by atoms with Gasteiger partial charge in [-0.3, -0.25) is 9.20 Å². The van der Waals surface area contributed by atoms with Crippen LogP contribution in [-0.2, 0) is 0 Å². The van der Waals surface area contributed by atoms with Crippen molar-refractivity contribution < 1.29 is 19.2 Å². The van der Waals surface area contributed by atoms with Crippen molar-refractivity contribution in [3.05, 3.63) is 65.4 Å². The molecule has 4 aromatic rings. The quantitative estimate of drug-likeness (QED) is 0.432.